The molecule has 0 unspecified atom stereocenters. The van der Waals surface area contributed by atoms with Crippen LogP contribution in [0.1, 0.15) is 57.8 Å². The van der Waals surface area contributed by atoms with Gasteiger partial charge in [-0.1, -0.05) is 19.3 Å². The first-order valence-electron chi connectivity index (χ1n) is 6.04. The van der Waals surface area contributed by atoms with Crippen LogP contribution in [0, 0.1) is 0 Å². The predicted molar refractivity (Wildman–Crippen MR) is 60.7 cm³/mol. The molecule has 0 aromatic carbocycles. The number of carbonyl (C=O) groups excluding carboxylic acids is 1. The second-order valence-electron chi connectivity index (χ2n) is 3.96. The lowest BCUT2D eigenvalue weighted by Gasteiger charge is -2.05. The summed E-state index contributed by atoms with van der Waals surface area (Å²) in [6, 6.07) is 0. The molecule has 0 aromatic heterocycles. The molecule has 2 N–H and O–H groups in total. The van der Waals surface area contributed by atoms with E-state index in [1.807, 2.05) is 0 Å². The quantitative estimate of drug-likeness (QED) is 0.691. The summed E-state index contributed by atoms with van der Waals surface area (Å²) in [6.45, 7) is 0.566. The Kier molecular flexibility index (Phi) is 11.3. The molecule has 3 nitrogen and oxygen atoms in total. The number of ketones is 1. The first-order chi connectivity index (χ1) is 7.31. The second kappa shape index (κ2) is 11.7. The molecule has 1 fully saturated rings. The molecular weight excluding hydrogens is 192 g/mol. The van der Waals surface area contributed by atoms with E-state index >= 15 is 0 Å². The highest BCUT2D eigenvalue weighted by Gasteiger charge is 2.05. The van der Waals surface area contributed by atoms with Gasteiger partial charge in [-0.2, -0.15) is 0 Å². The normalized spacial score (nSPS) is 15.7. The molecule has 0 amide bonds. The van der Waals surface area contributed by atoms with E-state index in [1.54, 1.807) is 0 Å². The van der Waals surface area contributed by atoms with Crippen molar-refractivity contribution in [1.82, 2.24) is 0 Å². The Morgan fingerprint density at radius 1 is 0.800 bits per heavy atom. The van der Waals surface area contributed by atoms with Crippen molar-refractivity contribution in [3.05, 3.63) is 0 Å². The van der Waals surface area contributed by atoms with Crippen LogP contribution in [0.15, 0.2) is 0 Å². The van der Waals surface area contributed by atoms with Gasteiger partial charge in [-0.3, -0.25) is 4.79 Å². The molecule has 0 aromatic rings. The Balaban J connectivity index is 0.000000262. The third-order valence-corrected chi connectivity index (χ3v) is 2.48. The van der Waals surface area contributed by atoms with E-state index in [-0.39, 0.29) is 13.2 Å². The fourth-order valence-electron chi connectivity index (χ4n) is 1.52. The maximum Gasteiger partial charge on any atom is 0.132 e. The molecule has 90 valence electrons. The van der Waals surface area contributed by atoms with Gasteiger partial charge in [-0.05, 0) is 25.7 Å². The van der Waals surface area contributed by atoms with Gasteiger partial charge in [0, 0.05) is 26.1 Å². The molecular formula is C12H24O3. The first-order valence-corrected chi connectivity index (χ1v) is 6.04. The Morgan fingerprint density at radius 2 is 1.27 bits per heavy atom. The Morgan fingerprint density at radius 3 is 1.53 bits per heavy atom. The van der Waals surface area contributed by atoms with Crippen molar-refractivity contribution >= 4 is 5.78 Å². The molecule has 0 bridgehead atoms. The average molecular weight is 216 g/mol. The number of aliphatic hydroxyl groups is 2. The largest absolute Gasteiger partial charge is 0.396 e. The van der Waals surface area contributed by atoms with Crippen molar-refractivity contribution in [2.24, 2.45) is 0 Å². The van der Waals surface area contributed by atoms with Gasteiger partial charge in [-0.15, -0.1) is 0 Å². The summed E-state index contributed by atoms with van der Waals surface area (Å²) in [5, 5.41) is 16.6. The fourth-order valence-corrected chi connectivity index (χ4v) is 1.52. The van der Waals surface area contributed by atoms with Gasteiger partial charge < -0.3 is 10.2 Å². The van der Waals surface area contributed by atoms with E-state index in [0.29, 0.717) is 5.78 Å². The van der Waals surface area contributed by atoms with Crippen molar-refractivity contribution in [3.8, 4) is 0 Å². The minimum Gasteiger partial charge on any atom is -0.396 e. The SMILES string of the molecule is O=C1CCCCC1.OCCCCCCO. The third-order valence-electron chi connectivity index (χ3n) is 2.48. The zero-order valence-corrected chi connectivity index (χ0v) is 9.58. The number of carbonyl (C=O) groups is 1. The van der Waals surface area contributed by atoms with Crippen LogP contribution < -0.4 is 0 Å². The van der Waals surface area contributed by atoms with E-state index in [0.717, 1.165) is 51.4 Å². The molecule has 1 aliphatic carbocycles. The van der Waals surface area contributed by atoms with Crippen molar-refractivity contribution in [2.45, 2.75) is 57.8 Å². The highest BCUT2D eigenvalue weighted by Crippen LogP contribution is 2.12. The van der Waals surface area contributed by atoms with Crippen LogP contribution in [0.3, 0.4) is 0 Å². The summed E-state index contributed by atoms with van der Waals surface area (Å²) >= 11 is 0. The van der Waals surface area contributed by atoms with Crippen molar-refractivity contribution in [2.75, 3.05) is 13.2 Å². The number of unbranched alkanes of at least 4 members (excludes halogenated alkanes) is 3. The van der Waals surface area contributed by atoms with E-state index in [9.17, 15) is 4.79 Å². The smallest absolute Gasteiger partial charge is 0.132 e. The zero-order chi connectivity index (χ0) is 11.4. The van der Waals surface area contributed by atoms with Gasteiger partial charge in [0.25, 0.3) is 0 Å². The molecule has 0 aliphatic heterocycles. The maximum atomic E-state index is 10.5. The van der Waals surface area contributed by atoms with Crippen molar-refractivity contribution in [3.63, 3.8) is 0 Å². The molecule has 0 radical (unpaired) electrons. The molecule has 0 spiro atoms. The zero-order valence-electron chi connectivity index (χ0n) is 9.58. The van der Waals surface area contributed by atoms with Gasteiger partial charge in [0.1, 0.15) is 5.78 Å². The Labute approximate surface area is 92.5 Å². The van der Waals surface area contributed by atoms with Gasteiger partial charge in [0.05, 0.1) is 0 Å². The molecule has 0 saturated heterocycles. The molecule has 1 rings (SSSR count). The summed E-state index contributed by atoms with van der Waals surface area (Å²) in [7, 11) is 0. The predicted octanol–water partition coefficient (Wildman–Crippen LogP) is 2.05. The van der Waals surface area contributed by atoms with Gasteiger partial charge in [0.15, 0.2) is 0 Å². The number of hydrogen-bond acceptors (Lipinski definition) is 3. The van der Waals surface area contributed by atoms with Crippen molar-refractivity contribution in [1.29, 1.82) is 0 Å². The topological polar surface area (TPSA) is 57.5 Å². The standard InChI is InChI=1S/C6H14O2.C6H10O/c7-5-3-1-2-4-6-8;7-6-4-2-1-3-5-6/h7-8H,1-6H2;1-5H2. The molecule has 1 aliphatic rings. The van der Waals surface area contributed by atoms with E-state index in [2.05, 4.69) is 0 Å². The van der Waals surface area contributed by atoms with Gasteiger partial charge >= 0.3 is 0 Å². The maximum absolute atomic E-state index is 10.5. The number of Topliss-reactive ketones (excluding diaryl/α,β-unsaturated/α-hetero) is 1. The number of aliphatic hydroxyl groups excluding tert-OH is 2. The number of hydrogen-bond donors (Lipinski definition) is 2. The summed E-state index contributed by atoms with van der Waals surface area (Å²) in [5.41, 5.74) is 0. The van der Waals surface area contributed by atoms with Crippen LogP contribution in [0.4, 0.5) is 0 Å². The third kappa shape index (κ3) is 11.5. The molecule has 0 atom stereocenters. The summed E-state index contributed by atoms with van der Waals surface area (Å²) < 4.78 is 0. The minimum atomic E-state index is 0.283. The van der Waals surface area contributed by atoms with Gasteiger partial charge in [0.2, 0.25) is 0 Å². The van der Waals surface area contributed by atoms with Crippen LogP contribution >= 0.6 is 0 Å². The minimum absolute atomic E-state index is 0.283. The summed E-state index contributed by atoms with van der Waals surface area (Å²) in [6.07, 6.45) is 9.07. The lowest BCUT2D eigenvalue weighted by molar-refractivity contribution is -0.120. The van der Waals surface area contributed by atoms with Crippen LogP contribution in [-0.2, 0) is 4.79 Å². The molecule has 0 heterocycles. The summed E-state index contributed by atoms with van der Waals surface area (Å²) in [5.74, 6) is 0.464. The lowest BCUT2D eigenvalue weighted by Crippen LogP contribution is -2.02. The fraction of sp³-hybridized carbons (Fsp3) is 0.917. The molecule has 1 saturated carbocycles. The van der Waals surface area contributed by atoms with E-state index in [4.69, 9.17) is 10.2 Å². The van der Waals surface area contributed by atoms with Crippen LogP contribution in [0.5, 0.6) is 0 Å². The van der Waals surface area contributed by atoms with Crippen molar-refractivity contribution < 1.29 is 15.0 Å². The molecule has 15 heavy (non-hydrogen) atoms. The second-order valence-corrected chi connectivity index (χ2v) is 3.96. The van der Waals surface area contributed by atoms with E-state index < -0.39 is 0 Å². The van der Waals surface area contributed by atoms with E-state index in [1.165, 1.54) is 6.42 Å². The van der Waals surface area contributed by atoms with Crippen LogP contribution in [0.2, 0.25) is 0 Å². The molecule has 3 heteroatoms. The Hall–Kier alpha value is -0.410. The Bertz CT molecular complexity index is 132. The average Bonchev–Trinajstić information content (AvgIpc) is 2.27. The highest BCUT2D eigenvalue weighted by molar-refractivity contribution is 5.78. The monoisotopic (exact) mass is 216 g/mol. The van der Waals surface area contributed by atoms with Crippen LogP contribution in [-0.4, -0.2) is 29.2 Å². The highest BCUT2D eigenvalue weighted by atomic mass is 16.3. The van der Waals surface area contributed by atoms with Crippen LogP contribution in [0.25, 0.3) is 0 Å². The van der Waals surface area contributed by atoms with Gasteiger partial charge in [-0.25, -0.2) is 0 Å². The summed E-state index contributed by atoms with van der Waals surface area (Å²) in [4.78, 5) is 10.5. The number of rotatable bonds is 5. The lowest BCUT2D eigenvalue weighted by atomic mass is 10.00. The first kappa shape index (κ1) is 14.6.